The molecule has 2 aromatic rings. The number of carbonyl (C=O) groups excluding carboxylic acids is 1. The lowest BCUT2D eigenvalue weighted by molar-refractivity contribution is 0.118. The summed E-state index contributed by atoms with van der Waals surface area (Å²) in [4.78, 5) is 20.9. The van der Waals surface area contributed by atoms with Gasteiger partial charge in [-0.05, 0) is 30.2 Å². The molecule has 184 valence electrons. The zero-order chi connectivity index (χ0) is 24.9. The van der Waals surface area contributed by atoms with Crippen LogP contribution in [0.4, 0.5) is 25.0 Å². The number of anilines is 1. The van der Waals surface area contributed by atoms with Gasteiger partial charge in [0.25, 0.3) is 0 Å². The topological polar surface area (TPSA) is 102 Å². The fourth-order valence-electron chi connectivity index (χ4n) is 4.04. The standard InChI is InChI=1S/C24H26F2N6O3/c1-15(2)20-13-31(24(33)30-17-4-6-21-22(12-17)35-10-9-34-21)7-8-32(20)23(28-14-27)29-16-3-5-18(25)19(26)11-16/h3-6,11-12,15,20H,7-10,13H2,1-2H3,(H,28,29)(H,30,33). The summed E-state index contributed by atoms with van der Waals surface area (Å²) in [7, 11) is 0. The van der Waals surface area contributed by atoms with E-state index in [2.05, 4.69) is 15.6 Å². The van der Waals surface area contributed by atoms with Crippen LogP contribution in [0.3, 0.4) is 0 Å². The van der Waals surface area contributed by atoms with Crippen LogP contribution < -0.4 is 20.1 Å². The van der Waals surface area contributed by atoms with Crippen LogP contribution >= 0.6 is 0 Å². The molecule has 1 fully saturated rings. The summed E-state index contributed by atoms with van der Waals surface area (Å²) in [6.45, 7) is 6.06. The van der Waals surface area contributed by atoms with Gasteiger partial charge in [-0.25, -0.2) is 18.6 Å². The van der Waals surface area contributed by atoms with Crippen molar-refractivity contribution in [1.82, 2.24) is 15.1 Å². The first-order chi connectivity index (χ1) is 16.9. The van der Waals surface area contributed by atoms with Gasteiger partial charge in [0.1, 0.15) is 13.2 Å². The number of carbonyl (C=O) groups is 1. The highest BCUT2D eigenvalue weighted by Crippen LogP contribution is 2.32. The van der Waals surface area contributed by atoms with E-state index in [0.717, 1.165) is 12.1 Å². The van der Waals surface area contributed by atoms with E-state index in [1.165, 1.54) is 6.07 Å². The maximum absolute atomic E-state index is 13.7. The lowest BCUT2D eigenvalue weighted by atomic mass is 10.00. The summed E-state index contributed by atoms with van der Waals surface area (Å²) in [5.74, 6) is -0.472. The first-order valence-electron chi connectivity index (χ1n) is 11.3. The number of aliphatic imine (C=N–C) groups is 1. The van der Waals surface area contributed by atoms with E-state index in [9.17, 15) is 18.8 Å². The number of halogens is 2. The van der Waals surface area contributed by atoms with E-state index in [0.29, 0.717) is 50.0 Å². The predicted molar refractivity (Wildman–Crippen MR) is 126 cm³/mol. The largest absolute Gasteiger partial charge is 0.486 e. The number of nitriles is 1. The van der Waals surface area contributed by atoms with Crippen molar-refractivity contribution < 1.29 is 23.0 Å². The van der Waals surface area contributed by atoms with Gasteiger partial charge in [0.05, 0.1) is 11.7 Å². The van der Waals surface area contributed by atoms with Crippen LogP contribution in [-0.4, -0.2) is 60.7 Å². The first-order valence-corrected chi connectivity index (χ1v) is 11.3. The Hall–Kier alpha value is -4.07. The van der Waals surface area contributed by atoms with Gasteiger partial charge in [-0.2, -0.15) is 5.26 Å². The van der Waals surface area contributed by atoms with Crippen molar-refractivity contribution in [2.75, 3.05) is 38.2 Å². The number of hydrogen-bond acceptors (Lipinski definition) is 5. The third kappa shape index (κ3) is 5.54. The molecule has 2 heterocycles. The fraction of sp³-hybridized carbons (Fsp3) is 0.375. The van der Waals surface area contributed by atoms with Gasteiger partial charge in [0.15, 0.2) is 29.3 Å². The quantitative estimate of drug-likeness (QED) is 0.298. The van der Waals surface area contributed by atoms with Crippen LogP contribution in [0.1, 0.15) is 13.8 Å². The number of hydrogen-bond donors (Lipinski definition) is 2. The van der Waals surface area contributed by atoms with Gasteiger partial charge in [-0.15, -0.1) is 0 Å². The number of benzene rings is 2. The number of piperazine rings is 1. The van der Waals surface area contributed by atoms with E-state index in [-0.39, 0.29) is 29.6 Å². The molecule has 2 aliphatic heterocycles. The predicted octanol–water partition coefficient (Wildman–Crippen LogP) is 3.67. The van der Waals surface area contributed by atoms with Crippen molar-refractivity contribution in [2.45, 2.75) is 19.9 Å². The molecule has 2 aliphatic rings. The van der Waals surface area contributed by atoms with Gasteiger partial charge in [-0.1, -0.05) is 13.8 Å². The molecule has 1 atom stereocenters. The zero-order valence-electron chi connectivity index (χ0n) is 19.4. The van der Waals surface area contributed by atoms with Crippen LogP contribution in [0.2, 0.25) is 0 Å². The Bertz CT molecular complexity index is 1170. The molecule has 4 rings (SSSR count). The van der Waals surface area contributed by atoms with Crippen molar-refractivity contribution in [2.24, 2.45) is 10.9 Å². The number of guanidine groups is 1. The lowest BCUT2D eigenvalue weighted by Crippen LogP contribution is -2.60. The molecule has 2 amide bonds. The second kappa shape index (κ2) is 10.5. The molecular weight excluding hydrogens is 458 g/mol. The summed E-state index contributed by atoms with van der Waals surface area (Å²) in [5.41, 5.74) is 0.762. The molecule has 1 saturated heterocycles. The Morgan fingerprint density at radius 2 is 1.89 bits per heavy atom. The number of ether oxygens (including phenoxy) is 2. The molecule has 0 bridgehead atoms. The Labute approximate surface area is 201 Å². The number of fused-ring (bicyclic) bond motifs is 1. The average Bonchev–Trinajstić information content (AvgIpc) is 2.85. The normalized spacial score (nSPS) is 17.7. The second-order valence-corrected chi connectivity index (χ2v) is 8.51. The maximum atomic E-state index is 13.7. The minimum Gasteiger partial charge on any atom is -0.486 e. The van der Waals surface area contributed by atoms with Crippen molar-refractivity contribution >= 4 is 23.4 Å². The zero-order valence-corrected chi connectivity index (χ0v) is 19.4. The molecule has 0 aliphatic carbocycles. The van der Waals surface area contributed by atoms with Gasteiger partial charge in [0.2, 0.25) is 5.96 Å². The maximum Gasteiger partial charge on any atom is 0.321 e. The Morgan fingerprint density at radius 3 is 2.60 bits per heavy atom. The molecule has 2 N–H and O–H groups in total. The third-order valence-electron chi connectivity index (χ3n) is 5.85. The summed E-state index contributed by atoms with van der Waals surface area (Å²) in [5, 5.41) is 14.7. The van der Waals surface area contributed by atoms with Crippen molar-refractivity contribution in [1.29, 1.82) is 5.26 Å². The number of nitrogens with one attached hydrogen (secondary N) is 2. The van der Waals surface area contributed by atoms with Crippen molar-refractivity contribution in [3.8, 4) is 17.7 Å². The summed E-state index contributed by atoms with van der Waals surface area (Å²) in [6.07, 6.45) is 1.86. The van der Waals surface area contributed by atoms with E-state index in [1.807, 2.05) is 24.9 Å². The highest BCUT2D eigenvalue weighted by atomic mass is 19.2. The first kappa shape index (κ1) is 24.1. The minimum absolute atomic E-state index is 0.0931. The van der Waals surface area contributed by atoms with Crippen LogP contribution in [0.15, 0.2) is 41.4 Å². The summed E-state index contributed by atoms with van der Waals surface area (Å²) >= 11 is 0. The number of rotatable bonds is 3. The number of urea groups is 1. The Balaban J connectivity index is 1.49. The second-order valence-electron chi connectivity index (χ2n) is 8.51. The van der Waals surface area contributed by atoms with E-state index in [1.54, 1.807) is 23.1 Å². The molecule has 0 spiro atoms. The molecule has 0 aromatic heterocycles. The lowest BCUT2D eigenvalue weighted by Gasteiger charge is -2.44. The van der Waals surface area contributed by atoms with Crippen LogP contribution in [-0.2, 0) is 0 Å². The Kier molecular flexibility index (Phi) is 7.19. The van der Waals surface area contributed by atoms with Gasteiger partial charge >= 0.3 is 6.03 Å². The van der Waals surface area contributed by atoms with E-state index >= 15 is 0 Å². The van der Waals surface area contributed by atoms with Gasteiger partial charge < -0.3 is 24.6 Å². The van der Waals surface area contributed by atoms with Crippen LogP contribution in [0, 0.1) is 29.0 Å². The molecule has 0 radical (unpaired) electrons. The van der Waals surface area contributed by atoms with Gasteiger partial charge in [-0.3, -0.25) is 5.32 Å². The monoisotopic (exact) mass is 484 g/mol. The highest BCUT2D eigenvalue weighted by molar-refractivity contribution is 5.90. The average molecular weight is 485 g/mol. The molecule has 9 nitrogen and oxygen atoms in total. The summed E-state index contributed by atoms with van der Waals surface area (Å²) in [6, 6.07) is 8.08. The SMILES string of the molecule is CC(C)C1CN(C(=O)Nc2ccc3c(c2)OCCO3)CCN1C(=Nc1ccc(F)c(F)c1)NC#N. The summed E-state index contributed by atoms with van der Waals surface area (Å²) < 4.78 is 38.1. The van der Waals surface area contributed by atoms with Crippen molar-refractivity contribution in [3.05, 3.63) is 48.0 Å². The third-order valence-corrected chi connectivity index (χ3v) is 5.85. The molecule has 2 aromatic carbocycles. The molecule has 0 saturated carbocycles. The van der Waals surface area contributed by atoms with Gasteiger partial charge in [0, 0.05) is 37.5 Å². The number of amides is 2. The fourth-order valence-corrected chi connectivity index (χ4v) is 4.04. The molecule has 1 unspecified atom stereocenters. The van der Waals surface area contributed by atoms with Crippen molar-refractivity contribution in [3.63, 3.8) is 0 Å². The molecule has 11 heteroatoms. The van der Waals surface area contributed by atoms with Crippen LogP contribution in [0.25, 0.3) is 0 Å². The van der Waals surface area contributed by atoms with E-state index < -0.39 is 11.6 Å². The number of nitrogens with zero attached hydrogens (tertiary/aromatic N) is 4. The molecular formula is C24H26F2N6O3. The van der Waals surface area contributed by atoms with E-state index in [4.69, 9.17) is 9.47 Å². The minimum atomic E-state index is -1.02. The Morgan fingerprint density at radius 1 is 1.11 bits per heavy atom. The molecule has 35 heavy (non-hydrogen) atoms. The smallest absolute Gasteiger partial charge is 0.321 e. The van der Waals surface area contributed by atoms with Crippen LogP contribution in [0.5, 0.6) is 11.5 Å². The highest BCUT2D eigenvalue weighted by Gasteiger charge is 2.33.